The van der Waals surface area contributed by atoms with Gasteiger partial charge in [-0.1, -0.05) is 6.07 Å². The first-order chi connectivity index (χ1) is 9.18. The molecule has 1 aromatic carbocycles. The number of anilines is 2. The molecule has 0 aliphatic carbocycles. The Hall–Kier alpha value is -1.52. The van der Waals surface area contributed by atoms with Crippen LogP contribution in [0.4, 0.5) is 11.4 Å². The van der Waals surface area contributed by atoms with Crippen LogP contribution in [0.3, 0.4) is 0 Å². The molecule has 1 aromatic heterocycles. The number of hydrogen-bond acceptors (Lipinski definition) is 3. The zero-order valence-electron chi connectivity index (χ0n) is 11.3. The number of amides is 1. The van der Waals surface area contributed by atoms with E-state index in [2.05, 4.69) is 0 Å². The van der Waals surface area contributed by atoms with Crippen molar-refractivity contribution in [1.82, 2.24) is 0 Å². The average molecular weight is 309 g/mol. The first kappa shape index (κ1) is 14.9. The highest BCUT2D eigenvalue weighted by molar-refractivity contribution is 7.08. The van der Waals surface area contributed by atoms with Crippen molar-refractivity contribution in [2.75, 3.05) is 17.2 Å². The van der Waals surface area contributed by atoms with Gasteiger partial charge in [-0.3, -0.25) is 4.79 Å². The van der Waals surface area contributed by atoms with E-state index >= 15 is 0 Å². The van der Waals surface area contributed by atoms with E-state index in [0.717, 1.165) is 47.5 Å². The van der Waals surface area contributed by atoms with Crippen LogP contribution >= 0.6 is 23.7 Å². The SMILES string of the molecule is Cc1cscc1C(=O)N1CCCc2c(N)cccc21.Cl. The monoisotopic (exact) mass is 308 g/mol. The summed E-state index contributed by atoms with van der Waals surface area (Å²) in [5.74, 6) is 0.0882. The normalized spacial score (nSPS) is 13.6. The third-order valence-electron chi connectivity index (χ3n) is 3.62. The summed E-state index contributed by atoms with van der Waals surface area (Å²) in [6.45, 7) is 2.75. The molecule has 0 radical (unpaired) electrons. The smallest absolute Gasteiger partial charge is 0.259 e. The Kier molecular flexibility index (Phi) is 4.35. The van der Waals surface area contributed by atoms with Gasteiger partial charge in [0.15, 0.2) is 0 Å². The largest absolute Gasteiger partial charge is 0.398 e. The van der Waals surface area contributed by atoms with E-state index in [0.29, 0.717) is 0 Å². The number of benzene rings is 1. The van der Waals surface area contributed by atoms with E-state index in [1.807, 2.05) is 40.8 Å². The molecule has 106 valence electrons. The van der Waals surface area contributed by atoms with Crippen molar-refractivity contribution in [3.63, 3.8) is 0 Å². The van der Waals surface area contributed by atoms with Crippen molar-refractivity contribution in [2.45, 2.75) is 19.8 Å². The second-order valence-corrected chi connectivity index (χ2v) is 5.62. The summed E-state index contributed by atoms with van der Waals surface area (Å²) < 4.78 is 0. The Bertz CT molecular complexity index is 639. The maximum Gasteiger partial charge on any atom is 0.259 e. The van der Waals surface area contributed by atoms with E-state index < -0.39 is 0 Å². The third kappa shape index (κ3) is 2.41. The van der Waals surface area contributed by atoms with Crippen molar-refractivity contribution in [2.24, 2.45) is 0 Å². The van der Waals surface area contributed by atoms with Crippen LogP contribution in [0.1, 0.15) is 27.9 Å². The van der Waals surface area contributed by atoms with Crippen LogP contribution in [0.15, 0.2) is 29.0 Å². The molecule has 0 saturated heterocycles. The fourth-order valence-electron chi connectivity index (χ4n) is 2.59. The zero-order valence-corrected chi connectivity index (χ0v) is 12.9. The summed E-state index contributed by atoms with van der Waals surface area (Å²) in [4.78, 5) is 14.5. The van der Waals surface area contributed by atoms with Gasteiger partial charge in [0.25, 0.3) is 5.91 Å². The lowest BCUT2D eigenvalue weighted by Gasteiger charge is -2.30. The van der Waals surface area contributed by atoms with Gasteiger partial charge in [0, 0.05) is 23.3 Å². The van der Waals surface area contributed by atoms with Crippen LogP contribution in [0.25, 0.3) is 0 Å². The minimum Gasteiger partial charge on any atom is -0.398 e. The quantitative estimate of drug-likeness (QED) is 0.817. The fraction of sp³-hybridized carbons (Fsp3) is 0.267. The number of halogens is 1. The van der Waals surface area contributed by atoms with Crippen LogP contribution in [-0.2, 0) is 6.42 Å². The molecule has 1 amide bonds. The highest BCUT2D eigenvalue weighted by atomic mass is 35.5. The number of nitrogens with zero attached hydrogens (tertiary/aromatic N) is 1. The average Bonchev–Trinajstić information content (AvgIpc) is 2.84. The lowest BCUT2D eigenvalue weighted by Crippen LogP contribution is -2.35. The summed E-state index contributed by atoms with van der Waals surface area (Å²) in [6.07, 6.45) is 1.92. The number of thiophene rings is 1. The minimum absolute atomic E-state index is 0. The van der Waals surface area contributed by atoms with Gasteiger partial charge < -0.3 is 10.6 Å². The molecule has 0 spiro atoms. The number of fused-ring (bicyclic) bond motifs is 1. The minimum atomic E-state index is 0. The maximum atomic E-state index is 12.6. The van der Waals surface area contributed by atoms with E-state index in [-0.39, 0.29) is 18.3 Å². The van der Waals surface area contributed by atoms with Gasteiger partial charge in [-0.2, -0.15) is 11.3 Å². The molecule has 0 bridgehead atoms. The van der Waals surface area contributed by atoms with Crippen LogP contribution in [-0.4, -0.2) is 12.5 Å². The van der Waals surface area contributed by atoms with Gasteiger partial charge in [-0.05, 0) is 48.4 Å². The van der Waals surface area contributed by atoms with E-state index in [4.69, 9.17) is 5.73 Å². The summed E-state index contributed by atoms with van der Waals surface area (Å²) in [5, 5.41) is 3.94. The Morgan fingerprint density at radius 1 is 1.35 bits per heavy atom. The number of rotatable bonds is 1. The lowest BCUT2D eigenvalue weighted by atomic mass is 9.99. The predicted molar refractivity (Wildman–Crippen MR) is 87.2 cm³/mol. The molecular formula is C15H17ClN2OS. The molecular weight excluding hydrogens is 292 g/mol. The molecule has 3 nitrogen and oxygen atoms in total. The van der Waals surface area contributed by atoms with E-state index in [1.165, 1.54) is 0 Å². The van der Waals surface area contributed by atoms with Gasteiger partial charge in [-0.15, -0.1) is 12.4 Å². The van der Waals surface area contributed by atoms with Crippen molar-refractivity contribution in [3.8, 4) is 0 Å². The molecule has 2 N–H and O–H groups in total. The third-order valence-corrected chi connectivity index (χ3v) is 4.48. The Morgan fingerprint density at radius 2 is 2.15 bits per heavy atom. The van der Waals surface area contributed by atoms with Crippen LogP contribution in [0, 0.1) is 6.92 Å². The van der Waals surface area contributed by atoms with Crippen LogP contribution in [0.2, 0.25) is 0 Å². The van der Waals surface area contributed by atoms with Crippen LogP contribution < -0.4 is 10.6 Å². The van der Waals surface area contributed by atoms with Crippen LogP contribution in [0.5, 0.6) is 0 Å². The standard InChI is InChI=1S/C15H16N2OS.ClH/c1-10-8-19-9-12(10)15(18)17-7-3-4-11-13(16)5-2-6-14(11)17;/h2,5-6,8-9H,3-4,7,16H2,1H3;1H. The van der Waals surface area contributed by atoms with E-state index in [9.17, 15) is 4.79 Å². The highest BCUT2D eigenvalue weighted by Gasteiger charge is 2.25. The highest BCUT2D eigenvalue weighted by Crippen LogP contribution is 2.32. The van der Waals surface area contributed by atoms with Crippen molar-refractivity contribution in [1.29, 1.82) is 0 Å². The molecule has 2 aromatic rings. The van der Waals surface area contributed by atoms with Gasteiger partial charge in [-0.25, -0.2) is 0 Å². The summed E-state index contributed by atoms with van der Waals surface area (Å²) >= 11 is 1.57. The molecule has 1 aliphatic heterocycles. The molecule has 20 heavy (non-hydrogen) atoms. The molecule has 2 heterocycles. The van der Waals surface area contributed by atoms with Gasteiger partial charge in [0.1, 0.15) is 0 Å². The summed E-state index contributed by atoms with van der Waals surface area (Å²) in [7, 11) is 0. The Balaban J connectivity index is 0.00000147. The predicted octanol–water partition coefficient (Wildman–Crippen LogP) is 3.65. The number of aryl methyl sites for hydroxylation is 1. The second-order valence-electron chi connectivity index (χ2n) is 4.87. The maximum absolute atomic E-state index is 12.6. The van der Waals surface area contributed by atoms with Crippen molar-refractivity contribution < 1.29 is 4.79 Å². The molecule has 5 heteroatoms. The number of hydrogen-bond donors (Lipinski definition) is 1. The van der Waals surface area contributed by atoms with Gasteiger partial charge in [0.2, 0.25) is 0 Å². The Labute approximate surface area is 128 Å². The number of nitrogens with two attached hydrogens (primary N) is 1. The van der Waals surface area contributed by atoms with E-state index in [1.54, 1.807) is 11.3 Å². The molecule has 0 saturated carbocycles. The van der Waals surface area contributed by atoms with Crippen molar-refractivity contribution in [3.05, 3.63) is 45.6 Å². The molecule has 0 fully saturated rings. The fourth-order valence-corrected chi connectivity index (χ4v) is 3.41. The molecule has 1 aliphatic rings. The van der Waals surface area contributed by atoms with Gasteiger partial charge >= 0.3 is 0 Å². The molecule has 3 rings (SSSR count). The number of carbonyl (C=O) groups is 1. The number of nitrogen functional groups attached to an aromatic ring is 1. The first-order valence-corrected chi connectivity index (χ1v) is 7.35. The van der Waals surface area contributed by atoms with Gasteiger partial charge in [0.05, 0.1) is 5.56 Å². The Morgan fingerprint density at radius 3 is 2.85 bits per heavy atom. The summed E-state index contributed by atoms with van der Waals surface area (Å²) in [6, 6.07) is 5.81. The molecule has 0 unspecified atom stereocenters. The second kappa shape index (κ2) is 5.85. The van der Waals surface area contributed by atoms with Crippen molar-refractivity contribution >= 4 is 41.0 Å². The summed E-state index contributed by atoms with van der Waals surface area (Å²) in [5.41, 5.74) is 10.7. The number of carbonyl (C=O) groups excluding carboxylic acids is 1. The zero-order chi connectivity index (χ0) is 13.4. The molecule has 0 atom stereocenters. The topological polar surface area (TPSA) is 46.3 Å². The lowest BCUT2D eigenvalue weighted by molar-refractivity contribution is 0.0985. The first-order valence-electron chi connectivity index (χ1n) is 6.40.